The summed E-state index contributed by atoms with van der Waals surface area (Å²) in [5, 5.41) is 3.70. The summed E-state index contributed by atoms with van der Waals surface area (Å²) >= 11 is 0. The molecule has 1 heteroatoms. The highest BCUT2D eigenvalue weighted by Gasteiger charge is 2.13. The molecular weight excluding hydrogens is 218 g/mol. The van der Waals surface area contributed by atoms with Gasteiger partial charge in [-0.1, -0.05) is 79.1 Å². The van der Waals surface area contributed by atoms with Crippen molar-refractivity contribution in [1.29, 1.82) is 0 Å². The van der Waals surface area contributed by atoms with E-state index in [0.29, 0.717) is 0 Å². The van der Waals surface area contributed by atoms with Crippen LogP contribution in [0.1, 0.15) is 91.9 Å². The quantitative estimate of drug-likeness (QED) is 0.426. The van der Waals surface area contributed by atoms with Gasteiger partial charge in [0.15, 0.2) is 0 Å². The largest absolute Gasteiger partial charge is 0.314 e. The number of hydrogen-bond acceptors (Lipinski definition) is 1. The molecule has 0 aromatic rings. The van der Waals surface area contributed by atoms with E-state index in [2.05, 4.69) is 33.0 Å². The molecule has 0 aromatic heterocycles. The third-order valence-corrected chi connectivity index (χ3v) is 4.06. The molecule has 0 saturated carbocycles. The van der Waals surface area contributed by atoms with Crippen LogP contribution in [0.3, 0.4) is 0 Å². The third-order valence-electron chi connectivity index (χ3n) is 4.06. The Labute approximate surface area is 116 Å². The van der Waals surface area contributed by atoms with Gasteiger partial charge in [-0.15, -0.1) is 0 Å². The van der Waals surface area contributed by atoms with Gasteiger partial charge in [-0.05, 0) is 25.3 Å². The topological polar surface area (TPSA) is 12.0 Å². The van der Waals surface area contributed by atoms with Crippen LogP contribution in [-0.2, 0) is 0 Å². The van der Waals surface area contributed by atoms with Crippen LogP contribution < -0.4 is 5.32 Å². The van der Waals surface area contributed by atoms with E-state index in [1.165, 1.54) is 64.2 Å². The molecule has 0 aliphatic carbocycles. The minimum absolute atomic E-state index is 0.772. The Kier molecular flexibility index (Phi) is 13.4. The average molecular weight is 255 g/mol. The number of rotatable bonds is 13. The molecule has 1 N–H and O–H groups in total. The fourth-order valence-corrected chi connectivity index (χ4v) is 2.79. The predicted molar refractivity (Wildman–Crippen MR) is 84.1 cm³/mol. The van der Waals surface area contributed by atoms with Crippen molar-refractivity contribution < 1.29 is 0 Å². The van der Waals surface area contributed by atoms with E-state index >= 15 is 0 Å². The van der Waals surface area contributed by atoms with Crippen molar-refractivity contribution in [3.63, 3.8) is 0 Å². The molecule has 0 fully saturated rings. The molecule has 0 heterocycles. The van der Waals surface area contributed by atoms with Crippen molar-refractivity contribution in [2.24, 2.45) is 5.92 Å². The van der Waals surface area contributed by atoms with E-state index < -0.39 is 0 Å². The summed E-state index contributed by atoms with van der Waals surface area (Å²) in [5.74, 6) is 0.945. The van der Waals surface area contributed by atoms with Gasteiger partial charge in [0.25, 0.3) is 0 Å². The minimum atomic E-state index is 0.772. The summed E-state index contributed by atoms with van der Waals surface area (Å²) < 4.78 is 0. The molecule has 0 amide bonds. The van der Waals surface area contributed by atoms with Crippen LogP contribution in [0, 0.1) is 5.92 Å². The number of hydrogen-bond donors (Lipinski definition) is 1. The van der Waals surface area contributed by atoms with Crippen molar-refractivity contribution in [2.45, 2.75) is 97.9 Å². The summed E-state index contributed by atoms with van der Waals surface area (Å²) in [6, 6.07) is 0.772. The third kappa shape index (κ3) is 9.94. The summed E-state index contributed by atoms with van der Waals surface area (Å²) in [7, 11) is 0. The lowest BCUT2D eigenvalue weighted by Crippen LogP contribution is -2.31. The molecule has 2 atom stereocenters. The fourth-order valence-electron chi connectivity index (χ4n) is 2.79. The van der Waals surface area contributed by atoms with Crippen molar-refractivity contribution in [3.8, 4) is 0 Å². The lowest BCUT2D eigenvalue weighted by molar-refractivity contribution is 0.334. The molecule has 0 rings (SSSR count). The monoisotopic (exact) mass is 255 g/mol. The smallest absolute Gasteiger partial charge is 0.00695 e. The Bertz CT molecular complexity index is 156. The van der Waals surface area contributed by atoms with Crippen molar-refractivity contribution in [3.05, 3.63) is 0 Å². The van der Waals surface area contributed by atoms with Gasteiger partial charge in [0.1, 0.15) is 0 Å². The molecule has 0 aromatic carbocycles. The van der Waals surface area contributed by atoms with Crippen LogP contribution in [-0.4, -0.2) is 12.6 Å². The second-order valence-corrected chi connectivity index (χ2v) is 5.76. The molecular formula is C17H37N. The van der Waals surface area contributed by atoms with Crippen LogP contribution in [0.5, 0.6) is 0 Å². The maximum atomic E-state index is 3.70. The van der Waals surface area contributed by atoms with Crippen LogP contribution in [0.4, 0.5) is 0 Å². The first-order valence-corrected chi connectivity index (χ1v) is 8.51. The molecule has 0 radical (unpaired) electrons. The maximum absolute atomic E-state index is 3.70. The zero-order valence-corrected chi connectivity index (χ0v) is 13.4. The normalized spacial score (nSPS) is 14.7. The Morgan fingerprint density at radius 3 is 2.06 bits per heavy atom. The highest BCUT2D eigenvalue weighted by molar-refractivity contribution is 4.71. The summed E-state index contributed by atoms with van der Waals surface area (Å²) in [4.78, 5) is 0. The molecule has 0 saturated heterocycles. The van der Waals surface area contributed by atoms with Crippen molar-refractivity contribution in [1.82, 2.24) is 5.32 Å². The van der Waals surface area contributed by atoms with Crippen LogP contribution in [0.15, 0.2) is 0 Å². The highest BCUT2D eigenvalue weighted by Crippen LogP contribution is 2.21. The van der Waals surface area contributed by atoms with Gasteiger partial charge in [-0.2, -0.15) is 0 Å². The minimum Gasteiger partial charge on any atom is -0.314 e. The van der Waals surface area contributed by atoms with E-state index in [1.807, 2.05) is 0 Å². The van der Waals surface area contributed by atoms with Crippen molar-refractivity contribution >= 4 is 0 Å². The lowest BCUT2D eigenvalue weighted by Gasteiger charge is -2.23. The zero-order valence-electron chi connectivity index (χ0n) is 13.4. The first kappa shape index (κ1) is 18.0. The molecule has 0 bridgehead atoms. The number of unbranched alkanes of at least 4 members (excludes halogenated alkanes) is 4. The van der Waals surface area contributed by atoms with E-state index in [1.54, 1.807) is 0 Å². The SMILES string of the molecule is CCCCCCC(CC(CC)CCCC)NCC. The van der Waals surface area contributed by atoms with Gasteiger partial charge in [-0.3, -0.25) is 0 Å². The summed E-state index contributed by atoms with van der Waals surface area (Å²) in [5.41, 5.74) is 0. The van der Waals surface area contributed by atoms with Gasteiger partial charge in [0, 0.05) is 6.04 Å². The van der Waals surface area contributed by atoms with E-state index in [-0.39, 0.29) is 0 Å². The Morgan fingerprint density at radius 2 is 1.50 bits per heavy atom. The Morgan fingerprint density at radius 1 is 0.778 bits per heavy atom. The van der Waals surface area contributed by atoms with Crippen LogP contribution in [0.25, 0.3) is 0 Å². The second-order valence-electron chi connectivity index (χ2n) is 5.76. The van der Waals surface area contributed by atoms with Gasteiger partial charge in [0.2, 0.25) is 0 Å². The zero-order chi connectivity index (χ0) is 13.6. The van der Waals surface area contributed by atoms with Gasteiger partial charge < -0.3 is 5.32 Å². The maximum Gasteiger partial charge on any atom is 0.00695 e. The summed E-state index contributed by atoms with van der Waals surface area (Å²) in [6.07, 6.45) is 13.9. The van der Waals surface area contributed by atoms with E-state index in [9.17, 15) is 0 Å². The molecule has 0 spiro atoms. The molecule has 1 nitrogen and oxygen atoms in total. The average Bonchev–Trinajstić information content (AvgIpc) is 2.39. The molecule has 0 aliphatic rings. The van der Waals surface area contributed by atoms with E-state index in [0.717, 1.165) is 18.5 Å². The van der Waals surface area contributed by atoms with E-state index in [4.69, 9.17) is 0 Å². The van der Waals surface area contributed by atoms with Gasteiger partial charge >= 0.3 is 0 Å². The van der Waals surface area contributed by atoms with Gasteiger partial charge in [0.05, 0.1) is 0 Å². The predicted octanol–water partition coefficient (Wildman–Crippen LogP) is 5.54. The molecule has 18 heavy (non-hydrogen) atoms. The Hall–Kier alpha value is -0.0400. The lowest BCUT2D eigenvalue weighted by atomic mass is 9.90. The fraction of sp³-hybridized carbons (Fsp3) is 1.00. The second kappa shape index (κ2) is 13.4. The van der Waals surface area contributed by atoms with Gasteiger partial charge in [-0.25, -0.2) is 0 Å². The standard InChI is InChI=1S/C17H37N/c1-5-9-11-12-14-17(18-8-4)15-16(7-3)13-10-6-2/h16-18H,5-15H2,1-4H3. The first-order valence-electron chi connectivity index (χ1n) is 8.51. The molecule has 0 aliphatic heterocycles. The molecule has 2 unspecified atom stereocenters. The van der Waals surface area contributed by atoms with Crippen LogP contribution >= 0.6 is 0 Å². The number of nitrogens with one attached hydrogen (secondary N) is 1. The van der Waals surface area contributed by atoms with Crippen molar-refractivity contribution in [2.75, 3.05) is 6.54 Å². The Balaban J connectivity index is 3.89. The summed E-state index contributed by atoms with van der Waals surface area (Å²) in [6.45, 7) is 10.3. The molecule has 110 valence electrons. The first-order chi connectivity index (χ1) is 8.78. The highest BCUT2D eigenvalue weighted by atomic mass is 14.9. The van der Waals surface area contributed by atoms with Crippen LogP contribution in [0.2, 0.25) is 0 Å².